The molecule has 1 aliphatic heterocycles. The average Bonchev–Trinajstić information content (AvgIpc) is 2.78. The number of carboxylic acid groups (broad SMARTS) is 1. The Morgan fingerprint density at radius 3 is 2.85 bits per heavy atom. The van der Waals surface area contributed by atoms with Gasteiger partial charge in [0.25, 0.3) is 0 Å². The monoisotopic (exact) mass is 300 g/mol. The van der Waals surface area contributed by atoms with Gasteiger partial charge in [0.15, 0.2) is 5.82 Å². The zero-order valence-corrected chi connectivity index (χ0v) is 11.6. The second kappa shape index (κ2) is 5.28. The van der Waals surface area contributed by atoms with E-state index in [-0.39, 0.29) is 10.7 Å². The molecule has 2 rings (SSSR count). The number of hydrogen-bond donors (Lipinski definition) is 2. The fourth-order valence-corrected chi connectivity index (χ4v) is 2.47. The van der Waals surface area contributed by atoms with Gasteiger partial charge in [-0.05, 0) is 31.9 Å². The van der Waals surface area contributed by atoms with E-state index in [1.807, 2.05) is 0 Å². The first-order valence-electron chi connectivity index (χ1n) is 6.12. The van der Waals surface area contributed by atoms with Gasteiger partial charge < -0.3 is 15.3 Å². The number of urea groups is 1. The van der Waals surface area contributed by atoms with Crippen LogP contribution in [0.25, 0.3) is 0 Å². The lowest BCUT2D eigenvalue weighted by Gasteiger charge is -2.31. The second-order valence-corrected chi connectivity index (χ2v) is 5.27. The number of carbonyl (C=O) groups is 2. The number of halogens is 2. The van der Waals surface area contributed by atoms with Crippen molar-refractivity contribution in [1.82, 2.24) is 4.90 Å². The van der Waals surface area contributed by atoms with E-state index in [9.17, 15) is 19.1 Å². The lowest BCUT2D eigenvalue weighted by Crippen LogP contribution is -2.52. The van der Waals surface area contributed by atoms with Crippen molar-refractivity contribution in [3.8, 4) is 0 Å². The van der Waals surface area contributed by atoms with Crippen molar-refractivity contribution < 1.29 is 19.1 Å². The number of nitrogens with zero attached hydrogens (tertiary/aromatic N) is 1. The highest BCUT2D eigenvalue weighted by atomic mass is 35.5. The summed E-state index contributed by atoms with van der Waals surface area (Å²) in [6.07, 6.45) is 0.960. The number of anilines is 1. The molecule has 0 aromatic heterocycles. The average molecular weight is 301 g/mol. The van der Waals surface area contributed by atoms with Crippen molar-refractivity contribution in [3.05, 3.63) is 29.0 Å². The van der Waals surface area contributed by atoms with E-state index in [0.717, 1.165) is 0 Å². The van der Waals surface area contributed by atoms with Gasteiger partial charge >= 0.3 is 12.0 Å². The number of amides is 2. The van der Waals surface area contributed by atoms with Crippen LogP contribution >= 0.6 is 11.6 Å². The second-order valence-electron chi connectivity index (χ2n) is 4.87. The quantitative estimate of drug-likeness (QED) is 0.882. The van der Waals surface area contributed by atoms with Gasteiger partial charge in [0.1, 0.15) is 5.54 Å². The van der Waals surface area contributed by atoms with Crippen LogP contribution in [0, 0.1) is 5.82 Å². The highest BCUT2D eigenvalue weighted by Gasteiger charge is 2.46. The molecule has 0 saturated carbocycles. The van der Waals surface area contributed by atoms with Gasteiger partial charge in [0, 0.05) is 6.54 Å². The summed E-state index contributed by atoms with van der Waals surface area (Å²) >= 11 is 5.63. The summed E-state index contributed by atoms with van der Waals surface area (Å²) in [6.45, 7) is 1.80. The molecule has 1 aliphatic rings. The molecule has 108 valence electrons. The van der Waals surface area contributed by atoms with Crippen molar-refractivity contribution in [1.29, 1.82) is 0 Å². The Morgan fingerprint density at radius 1 is 1.50 bits per heavy atom. The maximum Gasteiger partial charge on any atom is 0.329 e. The molecular formula is C13H14ClFN2O3. The van der Waals surface area contributed by atoms with Gasteiger partial charge in [-0.2, -0.15) is 0 Å². The molecule has 1 atom stereocenters. The standard InChI is InChI=1S/C13H14ClFN2O3/c1-13(11(18)19)6-3-7-17(13)12(20)16-9-5-2-4-8(14)10(9)15/h2,4-5H,3,6-7H2,1H3,(H,16,20)(H,18,19). The molecule has 5 nitrogen and oxygen atoms in total. The summed E-state index contributed by atoms with van der Waals surface area (Å²) < 4.78 is 13.7. The third-order valence-electron chi connectivity index (χ3n) is 3.54. The van der Waals surface area contributed by atoms with Crippen LogP contribution in [0.5, 0.6) is 0 Å². The first-order valence-corrected chi connectivity index (χ1v) is 6.50. The van der Waals surface area contributed by atoms with Gasteiger partial charge in [-0.25, -0.2) is 14.0 Å². The van der Waals surface area contributed by atoms with E-state index < -0.39 is 23.4 Å². The van der Waals surface area contributed by atoms with Gasteiger partial charge in [-0.1, -0.05) is 17.7 Å². The molecule has 1 saturated heterocycles. The minimum atomic E-state index is -1.26. The summed E-state index contributed by atoms with van der Waals surface area (Å²) in [6, 6.07) is 3.59. The molecular weight excluding hydrogens is 287 g/mol. The minimum absolute atomic E-state index is 0.0675. The van der Waals surface area contributed by atoms with E-state index in [1.54, 1.807) is 0 Å². The number of aliphatic carboxylic acids is 1. The van der Waals surface area contributed by atoms with Crippen LogP contribution in [0.4, 0.5) is 14.9 Å². The maximum atomic E-state index is 13.7. The van der Waals surface area contributed by atoms with Crippen LogP contribution in [0.1, 0.15) is 19.8 Å². The predicted octanol–water partition coefficient (Wildman–Crippen LogP) is 2.95. The van der Waals surface area contributed by atoms with E-state index in [0.29, 0.717) is 19.4 Å². The minimum Gasteiger partial charge on any atom is -0.480 e. The molecule has 2 N–H and O–H groups in total. The molecule has 1 aromatic rings. The SMILES string of the molecule is CC1(C(=O)O)CCCN1C(=O)Nc1cccc(Cl)c1F. The zero-order valence-electron chi connectivity index (χ0n) is 10.8. The molecule has 2 amide bonds. The van der Waals surface area contributed by atoms with Crippen LogP contribution in [0.3, 0.4) is 0 Å². The molecule has 0 bridgehead atoms. The number of hydrogen-bond acceptors (Lipinski definition) is 2. The lowest BCUT2D eigenvalue weighted by atomic mass is 10.00. The predicted molar refractivity (Wildman–Crippen MR) is 72.4 cm³/mol. The summed E-state index contributed by atoms with van der Waals surface area (Å²) in [4.78, 5) is 24.6. The summed E-state index contributed by atoms with van der Waals surface area (Å²) in [5, 5.41) is 11.5. The Hall–Kier alpha value is -1.82. The van der Waals surface area contributed by atoms with Crippen LogP contribution in [-0.2, 0) is 4.79 Å². The van der Waals surface area contributed by atoms with Crippen molar-refractivity contribution in [3.63, 3.8) is 0 Å². The highest BCUT2D eigenvalue weighted by molar-refractivity contribution is 6.31. The Labute approximate surface area is 120 Å². The van der Waals surface area contributed by atoms with Gasteiger partial charge in [0.2, 0.25) is 0 Å². The van der Waals surface area contributed by atoms with Crippen LogP contribution in [0.2, 0.25) is 5.02 Å². The van der Waals surface area contributed by atoms with E-state index in [2.05, 4.69) is 5.32 Å². The van der Waals surface area contributed by atoms with E-state index >= 15 is 0 Å². The third-order valence-corrected chi connectivity index (χ3v) is 3.83. The summed E-state index contributed by atoms with van der Waals surface area (Å²) in [5.41, 5.74) is -1.33. The van der Waals surface area contributed by atoms with Crippen LogP contribution in [-0.4, -0.2) is 34.1 Å². The fourth-order valence-electron chi connectivity index (χ4n) is 2.29. The van der Waals surface area contributed by atoms with Gasteiger partial charge in [-0.3, -0.25) is 0 Å². The highest BCUT2D eigenvalue weighted by Crippen LogP contribution is 2.30. The molecule has 0 radical (unpaired) electrons. The van der Waals surface area contributed by atoms with Crippen molar-refractivity contribution in [2.24, 2.45) is 0 Å². The topological polar surface area (TPSA) is 69.6 Å². The molecule has 0 spiro atoms. The fraction of sp³-hybridized carbons (Fsp3) is 0.385. The zero-order chi connectivity index (χ0) is 14.9. The van der Waals surface area contributed by atoms with E-state index in [4.69, 9.17) is 11.6 Å². The Morgan fingerprint density at radius 2 is 2.20 bits per heavy atom. The smallest absolute Gasteiger partial charge is 0.329 e. The molecule has 7 heteroatoms. The number of likely N-dealkylation sites (tertiary alicyclic amines) is 1. The first-order chi connectivity index (χ1) is 9.36. The molecule has 1 heterocycles. The van der Waals surface area contributed by atoms with Crippen molar-refractivity contribution in [2.45, 2.75) is 25.3 Å². The number of rotatable bonds is 2. The van der Waals surface area contributed by atoms with Crippen molar-refractivity contribution >= 4 is 29.3 Å². The Bertz CT molecular complexity index is 567. The van der Waals surface area contributed by atoms with Crippen molar-refractivity contribution in [2.75, 3.05) is 11.9 Å². The molecule has 1 unspecified atom stereocenters. The van der Waals surface area contributed by atoms with Gasteiger partial charge in [-0.15, -0.1) is 0 Å². The number of carbonyl (C=O) groups excluding carboxylic acids is 1. The lowest BCUT2D eigenvalue weighted by molar-refractivity contribution is -0.146. The molecule has 20 heavy (non-hydrogen) atoms. The Balaban J connectivity index is 2.20. The molecule has 1 fully saturated rings. The summed E-state index contributed by atoms with van der Waals surface area (Å²) in [7, 11) is 0. The van der Waals surface area contributed by atoms with Crippen LogP contribution in [0.15, 0.2) is 18.2 Å². The number of benzene rings is 1. The van der Waals surface area contributed by atoms with E-state index in [1.165, 1.54) is 30.0 Å². The Kier molecular flexibility index (Phi) is 3.85. The third kappa shape index (κ3) is 2.43. The largest absolute Gasteiger partial charge is 0.480 e. The van der Waals surface area contributed by atoms with Gasteiger partial charge in [0.05, 0.1) is 10.7 Å². The van der Waals surface area contributed by atoms with Crippen LogP contribution < -0.4 is 5.32 Å². The molecule has 1 aromatic carbocycles. The summed E-state index contributed by atoms with van der Waals surface area (Å²) in [5.74, 6) is -1.81. The number of carboxylic acids is 1. The normalized spacial score (nSPS) is 21.9. The first kappa shape index (κ1) is 14.6. The number of nitrogens with one attached hydrogen (secondary N) is 1. The maximum absolute atomic E-state index is 13.7. The molecule has 0 aliphatic carbocycles.